The van der Waals surface area contributed by atoms with Crippen molar-refractivity contribution in [2.45, 2.75) is 33.0 Å². The molecule has 114 valence electrons. The van der Waals surface area contributed by atoms with Crippen LogP contribution in [0.2, 0.25) is 0 Å². The Hall–Kier alpha value is -1.04. The van der Waals surface area contributed by atoms with Gasteiger partial charge in [0.05, 0.1) is 17.7 Å². The second-order valence-corrected chi connectivity index (χ2v) is 6.85. The maximum atomic E-state index is 5.79. The van der Waals surface area contributed by atoms with Crippen LogP contribution in [0.1, 0.15) is 24.3 Å². The summed E-state index contributed by atoms with van der Waals surface area (Å²) >= 11 is 5.33. The summed E-state index contributed by atoms with van der Waals surface area (Å²) in [6.45, 7) is 5.67. The second kappa shape index (κ2) is 7.82. The quantitative estimate of drug-likeness (QED) is 0.773. The number of thiophene rings is 1. The lowest BCUT2D eigenvalue weighted by Gasteiger charge is -2.16. The lowest BCUT2D eigenvalue weighted by Crippen LogP contribution is -2.12. The number of hydrogen-bond acceptors (Lipinski definition) is 4. The first-order valence-electron chi connectivity index (χ1n) is 6.86. The summed E-state index contributed by atoms with van der Waals surface area (Å²) in [6, 6.07) is 8.29. The highest BCUT2D eigenvalue weighted by Crippen LogP contribution is 2.37. The highest BCUT2D eigenvalue weighted by atomic mass is 79.9. The first-order valence-corrected chi connectivity index (χ1v) is 8.53. The molecule has 0 unspecified atom stereocenters. The Bertz CT molecular complexity index is 570. The number of hydrogen-bond donors (Lipinski definition) is 1. The van der Waals surface area contributed by atoms with E-state index in [1.54, 1.807) is 18.4 Å². The van der Waals surface area contributed by atoms with Gasteiger partial charge < -0.3 is 14.8 Å². The van der Waals surface area contributed by atoms with Crippen molar-refractivity contribution in [2.75, 3.05) is 7.11 Å². The van der Waals surface area contributed by atoms with Gasteiger partial charge in [-0.25, -0.2) is 0 Å². The molecule has 0 spiro atoms. The molecule has 0 aliphatic heterocycles. The Morgan fingerprint density at radius 1 is 1.29 bits per heavy atom. The van der Waals surface area contributed by atoms with E-state index >= 15 is 0 Å². The Labute approximate surface area is 138 Å². The number of ether oxygens (including phenoxy) is 2. The molecule has 1 heterocycles. The summed E-state index contributed by atoms with van der Waals surface area (Å²) in [4.78, 5) is 1.33. The van der Waals surface area contributed by atoms with Crippen molar-refractivity contribution in [2.24, 2.45) is 0 Å². The van der Waals surface area contributed by atoms with Gasteiger partial charge in [0.1, 0.15) is 0 Å². The van der Waals surface area contributed by atoms with Crippen LogP contribution in [0.15, 0.2) is 34.1 Å². The number of halogens is 1. The topological polar surface area (TPSA) is 30.5 Å². The SMILES string of the molecule is COc1cc(CNCc2cccs2)cc(Br)c1OC(C)C. The van der Waals surface area contributed by atoms with Gasteiger partial charge in [0.25, 0.3) is 0 Å². The van der Waals surface area contributed by atoms with Crippen molar-refractivity contribution in [1.82, 2.24) is 5.32 Å². The summed E-state index contributed by atoms with van der Waals surface area (Å²) < 4.78 is 12.2. The van der Waals surface area contributed by atoms with E-state index in [2.05, 4.69) is 44.8 Å². The summed E-state index contributed by atoms with van der Waals surface area (Å²) in [5, 5.41) is 5.53. The van der Waals surface area contributed by atoms with Crippen molar-refractivity contribution in [3.05, 3.63) is 44.6 Å². The zero-order valence-corrected chi connectivity index (χ0v) is 14.9. The molecule has 0 saturated carbocycles. The Morgan fingerprint density at radius 2 is 2.10 bits per heavy atom. The van der Waals surface area contributed by atoms with Gasteiger partial charge in [0.15, 0.2) is 11.5 Å². The van der Waals surface area contributed by atoms with E-state index < -0.39 is 0 Å². The Morgan fingerprint density at radius 3 is 2.71 bits per heavy atom. The lowest BCUT2D eigenvalue weighted by atomic mass is 10.2. The fourth-order valence-electron chi connectivity index (χ4n) is 1.97. The molecule has 0 fully saturated rings. The number of benzene rings is 1. The molecule has 2 rings (SSSR count). The van der Waals surface area contributed by atoms with Gasteiger partial charge in [-0.2, -0.15) is 0 Å². The Balaban J connectivity index is 2.04. The van der Waals surface area contributed by atoms with Gasteiger partial charge >= 0.3 is 0 Å². The van der Waals surface area contributed by atoms with Crippen LogP contribution in [0.25, 0.3) is 0 Å². The molecule has 0 amide bonds. The van der Waals surface area contributed by atoms with E-state index in [-0.39, 0.29) is 6.10 Å². The van der Waals surface area contributed by atoms with E-state index in [1.807, 2.05) is 19.9 Å². The molecule has 1 N–H and O–H groups in total. The average molecular weight is 370 g/mol. The van der Waals surface area contributed by atoms with Gasteiger partial charge in [0.2, 0.25) is 0 Å². The minimum absolute atomic E-state index is 0.109. The van der Waals surface area contributed by atoms with Crippen molar-refractivity contribution in [3.8, 4) is 11.5 Å². The van der Waals surface area contributed by atoms with Gasteiger partial charge in [-0.1, -0.05) is 6.07 Å². The molecule has 0 atom stereocenters. The normalized spacial score (nSPS) is 10.9. The van der Waals surface area contributed by atoms with Gasteiger partial charge in [-0.05, 0) is 58.9 Å². The van der Waals surface area contributed by atoms with Crippen LogP contribution in [0.3, 0.4) is 0 Å². The van der Waals surface area contributed by atoms with Crippen LogP contribution in [0.5, 0.6) is 11.5 Å². The maximum absolute atomic E-state index is 5.79. The fraction of sp³-hybridized carbons (Fsp3) is 0.375. The van der Waals surface area contributed by atoms with Crippen molar-refractivity contribution in [3.63, 3.8) is 0 Å². The molecule has 1 aromatic heterocycles. The lowest BCUT2D eigenvalue weighted by molar-refractivity contribution is 0.228. The third-order valence-electron chi connectivity index (χ3n) is 2.85. The molecular weight excluding hydrogens is 350 g/mol. The molecule has 1 aromatic carbocycles. The summed E-state index contributed by atoms with van der Waals surface area (Å²) in [6.07, 6.45) is 0.109. The molecular formula is C16H20BrNO2S. The predicted octanol–water partition coefficient (Wildman–Crippen LogP) is 4.60. The number of methoxy groups -OCH3 is 1. The third-order valence-corrected chi connectivity index (χ3v) is 4.32. The van der Waals surface area contributed by atoms with E-state index in [1.165, 1.54) is 4.88 Å². The van der Waals surface area contributed by atoms with Crippen LogP contribution in [-0.2, 0) is 13.1 Å². The summed E-state index contributed by atoms with van der Waals surface area (Å²) in [7, 11) is 1.66. The molecule has 0 bridgehead atoms. The van der Waals surface area contributed by atoms with Crippen LogP contribution in [0.4, 0.5) is 0 Å². The first kappa shape index (κ1) is 16.3. The summed E-state index contributed by atoms with van der Waals surface area (Å²) in [5.74, 6) is 1.51. The number of rotatable bonds is 7. The van der Waals surface area contributed by atoms with Crippen molar-refractivity contribution in [1.29, 1.82) is 0 Å². The Kier molecular flexibility index (Phi) is 6.08. The second-order valence-electron chi connectivity index (χ2n) is 4.96. The zero-order valence-electron chi connectivity index (χ0n) is 12.5. The predicted molar refractivity (Wildman–Crippen MR) is 91.3 cm³/mol. The zero-order chi connectivity index (χ0) is 15.2. The van der Waals surface area contributed by atoms with E-state index in [9.17, 15) is 0 Å². The van der Waals surface area contributed by atoms with E-state index in [0.29, 0.717) is 0 Å². The van der Waals surface area contributed by atoms with Crippen molar-refractivity contribution < 1.29 is 9.47 Å². The molecule has 0 aliphatic carbocycles. The molecule has 0 saturated heterocycles. The molecule has 3 nitrogen and oxygen atoms in total. The highest BCUT2D eigenvalue weighted by Gasteiger charge is 2.13. The molecule has 2 aromatic rings. The summed E-state index contributed by atoms with van der Waals surface area (Å²) in [5.41, 5.74) is 1.16. The standard InChI is InChI=1S/C16H20BrNO2S/c1-11(2)20-16-14(17)7-12(8-15(16)19-3)9-18-10-13-5-4-6-21-13/h4-8,11,18H,9-10H2,1-3H3. The smallest absolute Gasteiger partial charge is 0.175 e. The minimum atomic E-state index is 0.109. The first-order chi connectivity index (χ1) is 10.1. The highest BCUT2D eigenvalue weighted by molar-refractivity contribution is 9.10. The third kappa shape index (κ3) is 4.73. The van der Waals surface area contributed by atoms with Crippen LogP contribution in [0, 0.1) is 0 Å². The molecule has 5 heteroatoms. The van der Waals surface area contributed by atoms with E-state index in [0.717, 1.165) is 34.6 Å². The average Bonchev–Trinajstić information content (AvgIpc) is 2.94. The van der Waals surface area contributed by atoms with Crippen LogP contribution < -0.4 is 14.8 Å². The maximum Gasteiger partial charge on any atom is 0.175 e. The van der Waals surface area contributed by atoms with Gasteiger partial charge in [-0.3, -0.25) is 0 Å². The van der Waals surface area contributed by atoms with E-state index in [4.69, 9.17) is 9.47 Å². The molecule has 21 heavy (non-hydrogen) atoms. The fourth-order valence-corrected chi connectivity index (χ4v) is 3.23. The van der Waals surface area contributed by atoms with Crippen LogP contribution in [-0.4, -0.2) is 13.2 Å². The number of nitrogens with one attached hydrogen (secondary N) is 1. The largest absolute Gasteiger partial charge is 0.493 e. The van der Waals surface area contributed by atoms with Gasteiger partial charge in [-0.15, -0.1) is 11.3 Å². The van der Waals surface area contributed by atoms with Crippen LogP contribution >= 0.6 is 27.3 Å². The van der Waals surface area contributed by atoms with Gasteiger partial charge in [0, 0.05) is 18.0 Å². The molecule has 0 radical (unpaired) electrons. The molecule has 0 aliphatic rings. The van der Waals surface area contributed by atoms with Crippen molar-refractivity contribution >= 4 is 27.3 Å². The monoisotopic (exact) mass is 369 g/mol. The minimum Gasteiger partial charge on any atom is -0.493 e.